The first-order valence-corrected chi connectivity index (χ1v) is 7.36. The highest BCUT2D eigenvalue weighted by atomic mass is 35.5. The molecule has 2 rings (SSSR count). The third-order valence-electron chi connectivity index (χ3n) is 3.23. The maximum atomic E-state index is 13.4. The summed E-state index contributed by atoms with van der Waals surface area (Å²) < 4.78 is 24.0. The van der Waals surface area contributed by atoms with Crippen LogP contribution in [-0.2, 0) is 0 Å². The van der Waals surface area contributed by atoms with Crippen LogP contribution in [-0.4, -0.2) is 38.1 Å². The Hall–Kier alpha value is -2.27. The molecule has 0 heterocycles. The molecule has 0 unspecified atom stereocenters. The van der Waals surface area contributed by atoms with Crippen molar-refractivity contribution in [1.29, 1.82) is 0 Å². The zero-order chi connectivity index (χ0) is 16.8. The van der Waals surface area contributed by atoms with Gasteiger partial charge in [0, 0.05) is 12.1 Å². The molecular weight excluding hydrogens is 321 g/mol. The van der Waals surface area contributed by atoms with Gasteiger partial charge in [-0.15, -0.1) is 0 Å². The van der Waals surface area contributed by atoms with Crippen molar-refractivity contribution in [2.45, 2.75) is 0 Å². The van der Waals surface area contributed by atoms with E-state index in [2.05, 4.69) is 0 Å². The van der Waals surface area contributed by atoms with Crippen LogP contribution in [0.5, 0.6) is 11.5 Å². The molecule has 0 aromatic heterocycles. The van der Waals surface area contributed by atoms with E-state index in [0.29, 0.717) is 29.7 Å². The molecule has 0 atom stereocenters. The Kier molecular flexibility index (Phi) is 5.82. The topological polar surface area (TPSA) is 38.8 Å². The summed E-state index contributed by atoms with van der Waals surface area (Å²) in [7, 11) is 3.06. The second kappa shape index (κ2) is 7.83. The van der Waals surface area contributed by atoms with Crippen molar-refractivity contribution < 1.29 is 18.7 Å². The van der Waals surface area contributed by atoms with Crippen molar-refractivity contribution in [2.24, 2.45) is 0 Å². The molecule has 2 aromatic carbocycles. The Balaban J connectivity index is 1.96. The van der Waals surface area contributed by atoms with E-state index in [1.165, 1.54) is 24.1 Å². The number of carbonyl (C=O) groups excluding carboxylic acids is 1. The minimum Gasteiger partial charge on any atom is -0.496 e. The van der Waals surface area contributed by atoms with E-state index >= 15 is 0 Å². The molecule has 6 heteroatoms. The van der Waals surface area contributed by atoms with Gasteiger partial charge >= 0.3 is 0 Å². The van der Waals surface area contributed by atoms with E-state index in [4.69, 9.17) is 21.1 Å². The van der Waals surface area contributed by atoms with Crippen molar-refractivity contribution in [3.63, 3.8) is 0 Å². The van der Waals surface area contributed by atoms with E-state index in [9.17, 15) is 9.18 Å². The van der Waals surface area contributed by atoms with Gasteiger partial charge in [-0.3, -0.25) is 4.79 Å². The van der Waals surface area contributed by atoms with Gasteiger partial charge in [0.2, 0.25) is 0 Å². The minimum absolute atomic E-state index is 0.178. The van der Waals surface area contributed by atoms with Crippen LogP contribution in [0.3, 0.4) is 0 Å². The lowest BCUT2D eigenvalue weighted by Crippen LogP contribution is -2.31. The molecule has 4 nitrogen and oxygen atoms in total. The lowest BCUT2D eigenvalue weighted by molar-refractivity contribution is 0.0770. The molecule has 0 aliphatic carbocycles. The number of nitrogens with zero attached hydrogens (tertiary/aromatic N) is 1. The Labute approximate surface area is 139 Å². The predicted molar refractivity (Wildman–Crippen MR) is 86.9 cm³/mol. The number of rotatable bonds is 6. The fourth-order valence-electron chi connectivity index (χ4n) is 2.01. The molecule has 122 valence electrons. The first kappa shape index (κ1) is 17.1. The molecular formula is C17H17ClFNO3. The van der Waals surface area contributed by atoms with E-state index in [-0.39, 0.29) is 11.5 Å². The number of hydrogen-bond acceptors (Lipinski definition) is 3. The Morgan fingerprint density at radius 1 is 1.26 bits per heavy atom. The number of amides is 1. The average Bonchev–Trinajstić information content (AvgIpc) is 2.54. The molecule has 0 radical (unpaired) electrons. The number of carbonyl (C=O) groups is 1. The van der Waals surface area contributed by atoms with E-state index < -0.39 is 5.82 Å². The number of methoxy groups -OCH3 is 1. The van der Waals surface area contributed by atoms with Crippen LogP contribution in [0, 0.1) is 5.82 Å². The van der Waals surface area contributed by atoms with Gasteiger partial charge in [0.15, 0.2) is 0 Å². The Morgan fingerprint density at radius 3 is 2.74 bits per heavy atom. The third kappa shape index (κ3) is 4.60. The summed E-state index contributed by atoms with van der Waals surface area (Å²) >= 11 is 5.87. The number of ether oxygens (including phenoxy) is 2. The zero-order valence-electron chi connectivity index (χ0n) is 12.9. The standard InChI is InChI=1S/C17H17ClFNO3/c1-20(8-9-23-14-5-3-4-12(18)10-14)17(21)15-11-13(19)6-7-16(15)22-2/h3-7,10-11H,8-9H2,1-2H3. The van der Waals surface area contributed by atoms with Gasteiger partial charge < -0.3 is 14.4 Å². The van der Waals surface area contributed by atoms with Crippen molar-refractivity contribution in [2.75, 3.05) is 27.3 Å². The summed E-state index contributed by atoms with van der Waals surface area (Å²) in [6, 6.07) is 10.8. The smallest absolute Gasteiger partial charge is 0.257 e. The largest absolute Gasteiger partial charge is 0.496 e. The summed E-state index contributed by atoms with van der Waals surface area (Å²) in [6.45, 7) is 0.630. The highest BCUT2D eigenvalue weighted by Gasteiger charge is 2.17. The van der Waals surface area contributed by atoms with E-state index in [0.717, 1.165) is 6.07 Å². The highest BCUT2D eigenvalue weighted by molar-refractivity contribution is 6.30. The molecule has 0 fully saturated rings. The SMILES string of the molecule is COc1ccc(F)cc1C(=O)N(C)CCOc1cccc(Cl)c1. The van der Waals surface area contributed by atoms with Gasteiger partial charge in [0.05, 0.1) is 19.2 Å². The number of halogens is 2. The quantitative estimate of drug-likeness (QED) is 0.807. The second-order valence-corrected chi connectivity index (χ2v) is 5.31. The molecule has 23 heavy (non-hydrogen) atoms. The van der Waals surface area contributed by atoms with Crippen molar-refractivity contribution >= 4 is 17.5 Å². The minimum atomic E-state index is -0.488. The Bertz CT molecular complexity index is 693. The van der Waals surface area contributed by atoms with Crippen molar-refractivity contribution in [3.05, 3.63) is 58.9 Å². The molecule has 1 amide bonds. The van der Waals surface area contributed by atoms with Gasteiger partial charge in [-0.05, 0) is 36.4 Å². The van der Waals surface area contributed by atoms with Gasteiger partial charge in [-0.25, -0.2) is 4.39 Å². The van der Waals surface area contributed by atoms with Crippen LogP contribution < -0.4 is 9.47 Å². The van der Waals surface area contributed by atoms with Crippen molar-refractivity contribution in [3.8, 4) is 11.5 Å². The first-order valence-electron chi connectivity index (χ1n) is 6.98. The zero-order valence-corrected chi connectivity index (χ0v) is 13.6. The fourth-order valence-corrected chi connectivity index (χ4v) is 2.19. The molecule has 0 aliphatic heterocycles. The molecule has 0 N–H and O–H groups in total. The Morgan fingerprint density at radius 2 is 2.04 bits per heavy atom. The van der Waals surface area contributed by atoms with E-state index in [1.54, 1.807) is 31.3 Å². The van der Waals surface area contributed by atoms with E-state index in [1.807, 2.05) is 0 Å². The second-order valence-electron chi connectivity index (χ2n) is 4.88. The number of likely N-dealkylation sites (N-methyl/N-ethyl adjacent to an activating group) is 1. The molecule has 0 saturated carbocycles. The summed E-state index contributed by atoms with van der Waals surface area (Å²) in [5.74, 6) is 0.134. The van der Waals surface area contributed by atoms with Gasteiger partial charge in [-0.2, -0.15) is 0 Å². The first-order chi connectivity index (χ1) is 11.0. The van der Waals surface area contributed by atoms with Crippen LogP contribution in [0.4, 0.5) is 4.39 Å². The summed E-state index contributed by atoms with van der Waals surface area (Å²) in [5.41, 5.74) is 0.178. The maximum Gasteiger partial charge on any atom is 0.257 e. The lowest BCUT2D eigenvalue weighted by Gasteiger charge is -2.19. The van der Waals surface area contributed by atoms with Gasteiger partial charge in [0.1, 0.15) is 23.9 Å². The summed E-state index contributed by atoms with van der Waals surface area (Å²) in [6.07, 6.45) is 0. The van der Waals surface area contributed by atoms with Crippen LogP contribution in [0.15, 0.2) is 42.5 Å². The summed E-state index contributed by atoms with van der Waals surface area (Å²) in [5, 5.41) is 0.580. The van der Waals surface area contributed by atoms with Crippen LogP contribution >= 0.6 is 11.6 Å². The van der Waals surface area contributed by atoms with Crippen LogP contribution in [0.25, 0.3) is 0 Å². The van der Waals surface area contributed by atoms with Crippen LogP contribution in [0.1, 0.15) is 10.4 Å². The average molecular weight is 338 g/mol. The molecule has 0 aliphatic rings. The molecule has 0 spiro atoms. The highest BCUT2D eigenvalue weighted by Crippen LogP contribution is 2.21. The lowest BCUT2D eigenvalue weighted by atomic mass is 10.1. The number of hydrogen-bond donors (Lipinski definition) is 0. The molecule has 0 saturated heterocycles. The van der Waals surface area contributed by atoms with Gasteiger partial charge in [-0.1, -0.05) is 17.7 Å². The maximum absolute atomic E-state index is 13.4. The summed E-state index contributed by atoms with van der Waals surface area (Å²) in [4.78, 5) is 13.8. The van der Waals surface area contributed by atoms with Crippen LogP contribution in [0.2, 0.25) is 5.02 Å². The van der Waals surface area contributed by atoms with Gasteiger partial charge in [0.25, 0.3) is 5.91 Å². The van der Waals surface area contributed by atoms with Crippen molar-refractivity contribution in [1.82, 2.24) is 4.90 Å². The molecule has 0 bridgehead atoms. The third-order valence-corrected chi connectivity index (χ3v) is 3.47. The predicted octanol–water partition coefficient (Wildman–Crippen LogP) is 3.64. The monoisotopic (exact) mass is 337 g/mol. The molecule has 2 aromatic rings. The fraction of sp³-hybridized carbons (Fsp3) is 0.235. The normalized spacial score (nSPS) is 10.3. The number of benzene rings is 2.